The maximum absolute atomic E-state index is 11.1. The number of anilines is 1. The van der Waals surface area contributed by atoms with Crippen LogP contribution in [0.1, 0.15) is 0 Å². The highest BCUT2D eigenvalue weighted by molar-refractivity contribution is 5.85. The lowest BCUT2D eigenvalue weighted by Crippen LogP contribution is -2.31. The second-order valence-electron chi connectivity index (χ2n) is 2.81. The fraction of sp³-hybridized carbons (Fsp3) is 0.286. The minimum absolute atomic E-state index is 0.228. The molecule has 0 radical (unpaired) electrons. The van der Waals surface area contributed by atoms with Gasteiger partial charge in [-0.3, -0.25) is 14.4 Å². The summed E-state index contributed by atoms with van der Waals surface area (Å²) in [6.45, 7) is 0.228. The van der Waals surface area contributed by atoms with Gasteiger partial charge in [-0.05, 0) is 0 Å². The number of nitrogens with zero attached hydrogens (tertiary/aromatic N) is 1. The number of aromatic nitrogens is 2. The van der Waals surface area contributed by atoms with Gasteiger partial charge in [0.15, 0.2) is 0 Å². The molecule has 0 aliphatic carbocycles. The van der Waals surface area contributed by atoms with Crippen LogP contribution in [0.4, 0.5) is 5.69 Å². The van der Waals surface area contributed by atoms with E-state index in [-0.39, 0.29) is 18.1 Å². The van der Waals surface area contributed by atoms with Crippen LogP contribution in [0.2, 0.25) is 0 Å². The SMILES string of the molecule is O=C1NOCC1Nc1cn[nH]c(=O)c1. The summed E-state index contributed by atoms with van der Waals surface area (Å²) in [4.78, 5) is 26.6. The monoisotopic (exact) mass is 196 g/mol. The van der Waals surface area contributed by atoms with Crippen LogP contribution in [-0.4, -0.2) is 28.8 Å². The normalized spacial score (nSPS) is 20.6. The van der Waals surface area contributed by atoms with Crippen molar-refractivity contribution in [1.29, 1.82) is 0 Å². The van der Waals surface area contributed by atoms with Gasteiger partial charge in [-0.25, -0.2) is 10.6 Å². The third kappa shape index (κ3) is 1.72. The highest BCUT2D eigenvalue weighted by Gasteiger charge is 2.25. The summed E-state index contributed by atoms with van der Waals surface area (Å²) in [6, 6.07) is 0.845. The Bertz CT molecular complexity index is 402. The molecule has 0 bridgehead atoms. The van der Waals surface area contributed by atoms with Crippen LogP contribution in [0.15, 0.2) is 17.1 Å². The molecule has 1 saturated heterocycles. The van der Waals surface area contributed by atoms with E-state index < -0.39 is 6.04 Å². The van der Waals surface area contributed by atoms with E-state index in [0.29, 0.717) is 5.69 Å². The standard InChI is InChI=1S/C7H8N4O3/c12-6-1-4(2-8-10-6)9-5-3-14-11-7(5)13/h1-2,5H,3H2,(H,11,13)(H2,9,10,12). The summed E-state index contributed by atoms with van der Waals surface area (Å²) < 4.78 is 0. The Morgan fingerprint density at radius 2 is 2.43 bits per heavy atom. The average molecular weight is 196 g/mol. The summed E-state index contributed by atoms with van der Waals surface area (Å²) in [5, 5.41) is 8.62. The molecule has 1 aliphatic rings. The van der Waals surface area contributed by atoms with Crippen molar-refractivity contribution in [3.63, 3.8) is 0 Å². The zero-order valence-corrected chi connectivity index (χ0v) is 7.11. The first-order valence-corrected chi connectivity index (χ1v) is 3.98. The number of hydrogen-bond donors (Lipinski definition) is 3. The van der Waals surface area contributed by atoms with Crippen LogP contribution in [0.3, 0.4) is 0 Å². The van der Waals surface area contributed by atoms with E-state index in [1.54, 1.807) is 0 Å². The Labute approximate surface area is 78.4 Å². The van der Waals surface area contributed by atoms with Gasteiger partial charge in [0.1, 0.15) is 12.6 Å². The van der Waals surface area contributed by atoms with Crippen molar-refractivity contribution in [1.82, 2.24) is 15.7 Å². The Kier molecular flexibility index (Phi) is 2.15. The van der Waals surface area contributed by atoms with Crippen molar-refractivity contribution >= 4 is 11.6 Å². The molecule has 1 unspecified atom stereocenters. The maximum Gasteiger partial charge on any atom is 0.268 e. The quantitative estimate of drug-likeness (QED) is 0.541. The van der Waals surface area contributed by atoms with Gasteiger partial charge in [-0.15, -0.1) is 0 Å². The molecule has 3 N–H and O–H groups in total. The number of aromatic amines is 1. The number of rotatable bonds is 2. The molecule has 14 heavy (non-hydrogen) atoms. The molecule has 1 aliphatic heterocycles. The van der Waals surface area contributed by atoms with Crippen molar-refractivity contribution < 1.29 is 9.63 Å². The Morgan fingerprint density at radius 1 is 1.57 bits per heavy atom. The van der Waals surface area contributed by atoms with Gasteiger partial charge >= 0.3 is 0 Å². The van der Waals surface area contributed by atoms with Crippen LogP contribution < -0.4 is 16.4 Å². The number of hydrogen-bond acceptors (Lipinski definition) is 5. The number of amides is 1. The first-order chi connectivity index (χ1) is 6.75. The minimum Gasteiger partial charge on any atom is -0.370 e. The molecule has 2 rings (SSSR count). The lowest BCUT2D eigenvalue weighted by Gasteiger charge is -2.07. The number of nitrogens with one attached hydrogen (secondary N) is 3. The fourth-order valence-electron chi connectivity index (χ4n) is 1.11. The van der Waals surface area contributed by atoms with Crippen molar-refractivity contribution in [3.8, 4) is 0 Å². The molecule has 7 heteroatoms. The lowest BCUT2D eigenvalue weighted by molar-refractivity contribution is -0.124. The van der Waals surface area contributed by atoms with E-state index in [4.69, 9.17) is 4.84 Å². The molecule has 1 atom stereocenters. The van der Waals surface area contributed by atoms with Gasteiger partial charge in [0.05, 0.1) is 11.9 Å². The van der Waals surface area contributed by atoms with Crippen molar-refractivity contribution in [2.75, 3.05) is 11.9 Å². The molecular formula is C7H8N4O3. The summed E-state index contributed by atoms with van der Waals surface area (Å²) in [5.74, 6) is -0.259. The number of hydroxylamine groups is 1. The maximum atomic E-state index is 11.1. The van der Waals surface area contributed by atoms with Crippen LogP contribution in [0, 0.1) is 0 Å². The summed E-state index contributed by atoms with van der Waals surface area (Å²) in [6.07, 6.45) is 1.42. The highest BCUT2D eigenvalue weighted by Crippen LogP contribution is 2.05. The van der Waals surface area contributed by atoms with Crippen LogP contribution >= 0.6 is 0 Å². The summed E-state index contributed by atoms with van der Waals surface area (Å²) >= 11 is 0. The van der Waals surface area contributed by atoms with E-state index in [9.17, 15) is 9.59 Å². The second-order valence-corrected chi connectivity index (χ2v) is 2.81. The zero-order chi connectivity index (χ0) is 9.97. The van der Waals surface area contributed by atoms with Crippen molar-refractivity contribution in [2.24, 2.45) is 0 Å². The minimum atomic E-state index is -0.474. The molecule has 1 aromatic rings. The lowest BCUT2D eigenvalue weighted by atomic mass is 10.3. The molecule has 1 aromatic heterocycles. The first-order valence-electron chi connectivity index (χ1n) is 3.98. The summed E-state index contributed by atoms with van der Waals surface area (Å²) in [5.41, 5.74) is 2.36. The topological polar surface area (TPSA) is 96.1 Å². The molecule has 7 nitrogen and oxygen atoms in total. The van der Waals surface area contributed by atoms with Gasteiger partial charge in [-0.2, -0.15) is 5.10 Å². The van der Waals surface area contributed by atoms with E-state index in [1.165, 1.54) is 12.3 Å². The molecule has 0 spiro atoms. The van der Waals surface area contributed by atoms with E-state index >= 15 is 0 Å². The predicted octanol–water partition coefficient (Wildman–Crippen LogP) is -1.39. The first kappa shape index (κ1) is 8.70. The zero-order valence-electron chi connectivity index (χ0n) is 7.11. The van der Waals surface area contributed by atoms with E-state index in [2.05, 4.69) is 21.0 Å². The largest absolute Gasteiger partial charge is 0.370 e. The van der Waals surface area contributed by atoms with E-state index in [0.717, 1.165) is 0 Å². The van der Waals surface area contributed by atoms with Crippen molar-refractivity contribution in [3.05, 3.63) is 22.6 Å². The number of carbonyl (C=O) groups excluding carboxylic acids is 1. The number of H-pyrrole nitrogens is 1. The van der Waals surface area contributed by atoms with Crippen molar-refractivity contribution in [2.45, 2.75) is 6.04 Å². The number of carbonyl (C=O) groups is 1. The Morgan fingerprint density at radius 3 is 3.07 bits per heavy atom. The average Bonchev–Trinajstić information content (AvgIpc) is 2.52. The molecular weight excluding hydrogens is 188 g/mol. The summed E-state index contributed by atoms with van der Waals surface area (Å²) in [7, 11) is 0. The van der Waals surface area contributed by atoms with Gasteiger partial charge in [0.25, 0.3) is 11.5 Å². The molecule has 0 aromatic carbocycles. The van der Waals surface area contributed by atoms with Crippen LogP contribution in [0.25, 0.3) is 0 Å². The smallest absolute Gasteiger partial charge is 0.268 e. The Hall–Kier alpha value is -1.89. The van der Waals surface area contributed by atoms with Crippen LogP contribution in [0.5, 0.6) is 0 Å². The van der Waals surface area contributed by atoms with E-state index in [1.807, 2.05) is 0 Å². The molecule has 74 valence electrons. The molecule has 1 amide bonds. The fourth-order valence-corrected chi connectivity index (χ4v) is 1.11. The third-order valence-electron chi connectivity index (χ3n) is 1.75. The highest BCUT2D eigenvalue weighted by atomic mass is 16.7. The third-order valence-corrected chi connectivity index (χ3v) is 1.75. The van der Waals surface area contributed by atoms with Crippen LogP contribution in [-0.2, 0) is 9.63 Å². The molecule has 0 saturated carbocycles. The second kappa shape index (κ2) is 3.46. The molecule has 1 fully saturated rings. The van der Waals surface area contributed by atoms with Gasteiger partial charge < -0.3 is 5.32 Å². The predicted molar refractivity (Wildman–Crippen MR) is 46.4 cm³/mol. The van der Waals surface area contributed by atoms with Gasteiger partial charge in [0.2, 0.25) is 0 Å². The Balaban J connectivity index is 2.10. The van der Waals surface area contributed by atoms with Gasteiger partial charge in [0, 0.05) is 6.07 Å². The molecule has 2 heterocycles. The van der Waals surface area contributed by atoms with Gasteiger partial charge in [-0.1, -0.05) is 0 Å².